The lowest BCUT2D eigenvalue weighted by Crippen LogP contribution is -2.34. The number of carbonyl (C=O) groups excluding carboxylic acids is 1. The second-order valence-corrected chi connectivity index (χ2v) is 8.34. The van der Waals surface area contributed by atoms with E-state index in [0.717, 1.165) is 33.4 Å². The molecule has 0 aromatic heterocycles. The maximum absolute atomic E-state index is 12.8. The van der Waals surface area contributed by atoms with E-state index >= 15 is 0 Å². The molecule has 0 amide bonds. The van der Waals surface area contributed by atoms with Crippen LogP contribution in [0.25, 0.3) is 16.8 Å². The summed E-state index contributed by atoms with van der Waals surface area (Å²) in [6, 6.07) is 23.0. The van der Waals surface area contributed by atoms with Crippen molar-refractivity contribution < 1.29 is 28.5 Å². The minimum Gasteiger partial charge on any atom is -0.497 e. The number of carbonyl (C=O) groups is 1. The molecule has 0 saturated heterocycles. The van der Waals surface area contributed by atoms with Crippen LogP contribution in [0.2, 0.25) is 0 Å². The highest BCUT2D eigenvalue weighted by atomic mass is 16.5. The molecule has 0 atom stereocenters. The van der Waals surface area contributed by atoms with Gasteiger partial charge in [0.1, 0.15) is 23.0 Å². The predicted molar refractivity (Wildman–Crippen MR) is 138 cm³/mol. The molecule has 6 heteroatoms. The third kappa shape index (κ3) is 3.71. The molecular formula is C30H26O6. The Bertz CT molecular complexity index is 1400. The van der Waals surface area contributed by atoms with Crippen molar-refractivity contribution in [2.45, 2.75) is 5.60 Å². The normalized spacial score (nSPS) is 13.4. The first-order chi connectivity index (χ1) is 17.5. The van der Waals surface area contributed by atoms with Crippen LogP contribution >= 0.6 is 0 Å². The van der Waals surface area contributed by atoms with Crippen LogP contribution in [0.4, 0.5) is 0 Å². The van der Waals surface area contributed by atoms with Gasteiger partial charge in [-0.2, -0.15) is 0 Å². The average molecular weight is 483 g/mol. The molecule has 0 saturated carbocycles. The monoisotopic (exact) mass is 482 g/mol. The van der Waals surface area contributed by atoms with Gasteiger partial charge in [0, 0.05) is 27.5 Å². The summed E-state index contributed by atoms with van der Waals surface area (Å²) in [5, 5.41) is 1.58. The Morgan fingerprint density at radius 1 is 0.750 bits per heavy atom. The molecule has 0 N–H and O–H groups in total. The van der Waals surface area contributed by atoms with Gasteiger partial charge in [0.25, 0.3) is 0 Å². The molecule has 6 nitrogen and oxygen atoms in total. The summed E-state index contributed by atoms with van der Waals surface area (Å²) in [6.07, 6.45) is 3.90. The topological polar surface area (TPSA) is 63.2 Å². The second-order valence-electron chi connectivity index (χ2n) is 8.34. The van der Waals surface area contributed by atoms with Crippen LogP contribution in [0.15, 0.2) is 78.9 Å². The van der Waals surface area contributed by atoms with Crippen molar-refractivity contribution in [1.82, 2.24) is 0 Å². The van der Waals surface area contributed by atoms with Gasteiger partial charge >= 0.3 is 5.97 Å². The van der Waals surface area contributed by atoms with Gasteiger partial charge in [-0.25, -0.2) is 4.79 Å². The molecule has 4 aromatic rings. The highest BCUT2D eigenvalue weighted by Gasteiger charge is 2.39. The smallest absolute Gasteiger partial charge is 0.338 e. The SMILES string of the molecule is COC(=O)c1cc2c(OC)cccc2c2c1C=CC(c1ccc(OC)cc1)(c1ccc(OC)cc1)O2. The number of ether oxygens (including phenoxy) is 5. The highest BCUT2D eigenvalue weighted by molar-refractivity contribution is 6.05. The first-order valence-electron chi connectivity index (χ1n) is 11.4. The minimum absolute atomic E-state index is 0.402. The molecule has 0 aliphatic carbocycles. The Labute approximate surface area is 209 Å². The number of methoxy groups -OCH3 is 4. The van der Waals surface area contributed by atoms with Crippen LogP contribution in [-0.2, 0) is 10.3 Å². The molecule has 1 aliphatic heterocycles. The van der Waals surface area contributed by atoms with Crippen LogP contribution in [0.3, 0.4) is 0 Å². The summed E-state index contributed by atoms with van der Waals surface area (Å²) in [4.78, 5) is 12.8. The molecule has 1 heterocycles. The lowest BCUT2D eigenvalue weighted by atomic mass is 9.82. The van der Waals surface area contributed by atoms with Gasteiger partial charge in [0.15, 0.2) is 5.60 Å². The fourth-order valence-corrected chi connectivity index (χ4v) is 4.66. The molecule has 5 rings (SSSR count). The minimum atomic E-state index is -0.976. The number of rotatable bonds is 6. The largest absolute Gasteiger partial charge is 0.497 e. The van der Waals surface area contributed by atoms with Crippen molar-refractivity contribution in [1.29, 1.82) is 0 Å². The lowest BCUT2D eigenvalue weighted by molar-refractivity contribution is 0.0599. The zero-order chi connectivity index (χ0) is 25.3. The molecule has 0 unspecified atom stereocenters. The summed E-state index contributed by atoms with van der Waals surface area (Å²) in [6.45, 7) is 0. The van der Waals surface area contributed by atoms with Crippen LogP contribution in [0, 0.1) is 0 Å². The Hall–Kier alpha value is -4.45. The maximum atomic E-state index is 12.8. The maximum Gasteiger partial charge on any atom is 0.338 e. The molecule has 0 bridgehead atoms. The third-order valence-electron chi connectivity index (χ3n) is 6.54. The van der Waals surface area contributed by atoms with Gasteiger partial charge in [-0.15, -0.1) is 0 Å². The van der Waals surface area contributed by atoms with Crippen molar-refractivity contribution in [2.24, 2.45) is 0 Å². The molecular weight excluding hydrogens is 456 g/mol. The Balaban J connectivity index is 1.79. The standard InChI is InChI=1S/C30H26O6/c1-32-21-12-8-19(9-13-21)30(20-10-14-22(33-2)15-11-20)17-16-24-26(29(31)35-4)18-25-23(28(24)36-30)6-5-7-27(25)34-3/h5-18H,1-4H3. The summed E-state index contributed by atoms with van der Waals surface area (Å²) < 4.78 is 28.4. The summed E-state index contributed by atoms with van der Waals surface area (Å²) in [5.74, 6) is 2.24. The van der Waals surface area contributed by atoms with Crippen molar-refractivity contribution in [2.75, 3.05) is 28.4 Å². The van der Waals surface area contributed by atoms with E-state index in [-0.39, 0.29) is 0 Å². The van der Waals surface area contributed by atoms with Crippen LogP contribution in [0.5, 0.6) is 23.0 Å². The predicted octanol–water partition coefficient (Wildman–Crippen LogP) is 6.00. The Morgan fingerprint density at radius 3 is 1.89 bits per heavy atom. The molecule has 182 valence electrons. The number of hydrogen-bond donors (Lipinski definition) is 0. The van der Waals surface area contributed by atoms with E-state index in [0.29, 0.717) is 22.6 Å². The number of esters is 1. The van der Waals surface area contributed by atoms with Gasteiger partial charge < -0.3 is 23.7 Å². The summed E-state index contributed by atoms with van der Waals surface area (Å²) >= 11 is 0. The summed E-state index contributed by atoms with van der Waals surface area (Å²) in [7, 11) is 6.24. The van der Waals surface area contributed by atoms with E-state index in [9.17, 15) is 4.79 Å². The molecule has 4 aromatic carbocycles. The fourth-order valence-electron chi connectivity index (χ4n) is 4.66. The molecule has 0 spiro atoms. The van der Waals surface area contributed by atoms with Crippen LogP contribution in [-0.4, -0.2) is 34.4 Å². The molecule has 0 radical (unpaired) electrons. The first-order valence-corrected chi connectivity index (χ1v) is 11.4. The molecule has 36 heavy (non-hydrogen) atoms. The van der Waals surface area contributed by atoms with Crippen LogP contribution < -0.4 is 18.9 Å². The van der Waals surface area contributed by atoms with E-state index < -0.39 is 11.6 Å². The van der Waals surface area contributed by atoms with E-state index in [4.69, 9.17) is 23.7 Å². The second kappa shape index (κ2) is 9.30. The zero-order valence-corrected chi connectivity index (χ0v) is 20.5. The fraction of sp³-hybridized carbons (Fsp3) is 0.167. The van der Waals surface area contributed by atoms with Crippen molar-refractivity contribution in [3.8, 4) is 23.0 Å². The quantitative estimate of drug-likeness (QED) is 0.314. The number of benzene rings is 4. The first kappa shape index (κ1) is 23.3. The van der Waals surface area contributed by atoms with Crippen LogP contribution in [0.1, 0.15) is 27.0 Å². The number of hydrogen-bond acceptors (Lipinski definition) is 6. The zero-order valence-electron chi connectivity index (χ0n) is 20.5. The van der Waals surface area contributed by atoms with Gasteiger partial charge in [0.05, 0.1) is 34.0 Å². The van der Waals surface area contributed by atoms with E-state index in [2.05, 4.69) is 0 Å². The molecule has 1 aliphatic rings. The van der Waals surface area contributed by atoms with Gasteiger partial charge in [-0.3, -0.25) is 0 Å². The summed E-state index contributed by atoms with van der Waals surface area (Å²) in [5.41, 5.74) is 1.87. The Kier molecular flexibility index (Phi) is 6.02. The van der Waals surface area contributed by atoms with E-state index in [1.165, 1.54) is 7.11 Å². The van der Waals surface area contributed by atoms with E-state index in [1.54, 1.807) is 27.4 Å². The molecule has 0 fully saturated rings. The van der Waals surface area contributed by atoms with Crippen molar-refractivity contribution in [3.05, 3.63) is 101 Å². The van der Waals surface area contributed by atoms with Crippen molar-refractivity contribution in [3.63, 3.8) is 0 Å². The third-order valence-corrected chi connectivity index (χ3v) is 6.54. The Morgan fingerprint density at radius 2 is 1.36 bits per heavy atom. The average Bonchev–Trinajstić information content (AvgIpc) is 2.95. The van der Waals surface area contributed by atoms with E-state index in [1.807, 2.05) is 78.9 Å². The van der Waals surface area contributed by atoms with Gasteiger partial charge in [0.2, 0.25) is 0 Å². The lowest BCUT2D eigenvalue weighted by Gasteiger charge is -2.37. The van der Waals surface area contributed by atoms with Gasteiger partial charge in [-0.05, 0) is 48.6 Å². The van der Waals surface area contributed by atoms with Crippen molar-refractivity contribution >= 4 is 22.8 Å². The number of fused-ring (bicyclic) bond motifs is 3. The highest BCUT2D eigenvalue weighted by Crippen LogP contribution is 2.48. The van der Waals surface area contributed by atoms with Gasteiger partial charge in [-0.1, -0.05) is 36.4 Å².